The lowest BCUT2D eigenvalue weighted by Crippen LogP contribution is -2.43. The Balaban J connectivity index is 2.60. The minimum absolute atomic E-state index is 0.398. The van der Waals surface area contributed by atoms with Gasteiger partial charge in [-0.3, -0.25) is 9.89 Å². The van der Waals surface area contributed by atoms with Gasteiger partial charge >= 0.3 is 0 Å². The van der Waals surface area contributed by atoms with E-state index >= 15 is 0 Å². The Morgan fingerprint density at radius 3 is 2.35 bits per heavy atom. The first-order valence-corrected chi connectivity index (χ1v) is 8.77. The van der Waals surface area contributed by atoms with E-state index in [0.717, 1.165) is 32.1 Å². The smallest absolute Gasteiger partial charge is 0.191 e. The molecule has 0 heterocycles. The molecule has 0 bridgehead atoms. The minimum Gasteiger partial charge on any atom is -0.354 e. The van der Waals surface area contributed by atoms with E-state index in [2.05, 4.69) is 79.4 Å². The van der Waals surface area contributed by atoms with Crippen molar-refractivity contribution >= 4 is 5.96 Å². The summed E-state index contributed by atoms with van der Waals surface area (Å²) in [6.45, 7) is 15.0. The Morgan fingerprint density at radius 1 is 1.13 bits per heavy atom. The van der Waals surface area contributed by atoms with Crippen molar-refractivity contribution in [1.29, 1.82) is 0 Å². The second-order valence-corrected chi connectivity index (χ2v) is 6.38. The van der Waals surface area contributed by atoms with Gasteiger partial charge in [0.2, 0.25) is 0 Å². The van der Waals surface area contributed by atoms with E-state index in [4.69, 9.17) is 0 Å². The van der Waals surface area contributed by atoms with Crippen LogP contribution in [-0.2, 0) is 13.1 Å². The van der Waals surface area contributed by atoms with Crippen molar-refractivity contribution < 1.29 is 0 Å². The van der Waals surface area contributed by atoms with Crippen LogP contribution < -0.4 is 10.6 Å². The lowest BCUT2D eigenvalue weighted by Gasteiger charge is -2.21. The minimum atomic E-state index is 0.398. The molecule has 0 aliphatic carbocycles. The lowest BCUT2D eigenvalue weighted by atomic mass is 10.1. The summed E-state index contributed by atoms with van der Waals surface area (Å²) in [6.07, 6.45) is 0. The molecule has 130 valence electrons. The number of nitrogens with zero attached hydrogens (tertiary/aromatic N) is 2. The Labute approximate surface area is 142 Å². The predicted octanol–water partition coefficient (Wildman–Crippen LogP) is 3.24. The van der Waals surface area contributed by atoms with Crippen LogP contribution in [0.2, 0.25) is 0 Å². The quantitative estimate of drug-likeness (QED) is 0.571. The highest BCUT2D eigenvalue weighted by Crippen LogP contribution is 2.08. The van der Waals surface area contributed by atoms with Gasteiger partial charge < -0.3 is 10.6 Å². The summed E-state index contributed by atoms with van der Waals surface area (Å²) in [4.78, 5) is 6.74. The zero-order chi connectivity index (χ0) is 17.2. The molecular formula is C19H34N4. The van der Waals surface area contributed by atoms with Gasteiger partial charge in [-0.25, -0.2) is 0 Å². The molecule has 0 aliphatic rings. The van der Waals surface area contributed by atoms with Gasteiger partial charge in [0.1, 0.15) is 0 Å². The van der Waals surface area contributed by atoms with Gasteiger partial charge in [-0.2, -0.15) is 0 Å². The second kappa shape index (κ2) is 10.3. The highest BCUT2D eigenvalue weighted by atomic mass is 15.2. The molecule has 0 aromatic heterocycles. The summed E-state index contributed by atoms with van der Waals surface area (Å²) < 4.78 is 0. The number of guanidine groups is 1. The van der Waals surface area contributed by atoms with Gasteiger partial charge in [-0.1, -0.05) is 52.0 Å². The molecule has 4 heteroatoms. The van der Waals surface area contributed by atoms with E-state index in [0.29, 0.717) is 12.0 Å². The van der Waals surface area contributed by atoms with Gasteiger partial charge in [0.05, 0.1) is 0 Å². The molecule has 0 radical (unpaired) electrons. The fourth-order valence-electron chi connectivity index (χ4n) is 2.31. The summed E-state index contributed by atoms with van der Waals surface area (Å²) >= 11 is 0. The molecule has 2 N–H and O–H groups in total. The normalized spacial score (nSPS) is 13.5. The third-order valence-electron chi connectivity index (χ3n) is 4.34. The van der Waals surface area contributed by atoms with Gasteiger partial charge in [0, 0.05) is 26.2 Å². The molecule has 23 heavy (non-hydrogen) atoms. The van der Waals surface area contributed by atoms with Gasteiger partial charge in [0.25, 0.3) is 0 Å². The first-order chi connectivity index (χ1) is 11.0. The number of aliphatic imine (C=N–C) groups is 1. The third-order valence-corrected chi connectivity index (χ3v) is 4.34. The molecule has 1 rings (SSSR count). The van der Waals surface area contributed by atoms with Crippen molar-refractivity contribution in [3.8, 4) is 0 Å². The van der Waals surface area contributed by atoms with Crippen LogP contribution in [-0.4, -0.2) is 37.0 Å². The Morgan fingerprint density at radius 2 is 1.78 bits per heavy atom. The third kappa shape index (κ3) is 7.04. The molecule has 0 amide bonds. The molecule has 1 aromatic rings. The zero-order valence-corrected chi connectivity index (χ0v) is 15.7. The van der Waals surface area contributed by atoms with E-state index in [1.807, 2.05) is 7.05 Å². The SMILES string of the molecule is CCN(CC)Cc1cccc(CNC(=NC)NC(C)C(C)C)c1. The summed E-state index contributed by atoms with van der Waals surface area (Å²) in [5.74, 6) is 1.44. The van der Waals surface area contributed by atoms with Crippen LogP contribution in [0, 0.1) is 5.92 Å². The van der Waals surface area contributed by atoms with Crippen molar-refractivity contribution in [1.82, 2.24) is 15.5 Å². The fraction of sp³-hybridized carbons (Fsp3) is 0.632. The highest BCUT2D eigenvalue weighted by molar-refractivity contribution is 5.79. The average molecular weight is 319 g/mol. The Kier molecular flexibility index (Phi) is 8.70. The van der Waals surface area contributed by atoms with Gasteiger partial charge in [0.15, 0.2) is 5.96 Å². The van der Waals surface area contributed by atoms with Gasteiger partial charge in [-0.15, -0.1) is 0 Å². The van der Waals surface area contributed by atoms with Crippen molar-refractivity contribution in [3.63, 3.8) is 0 Å². The molecule has 4 nitrogen and oxygen atoms in total. The largest absolute Gasteiger partial charge is 0.354 e. The maximum Gasteiger partial charge on any atom is 0.191 e. The molecule has 0 saturated carbocycles. The molecule has 1 aromatic carbocycles. The number of rotatable bonds is 8. The van der Waals surface area contributed by atoms with E-state index in [1.54, 1.807) is 0 Å². The molecule has 0 aliphatic heterocycles. The van der Waals surface area contributed by atoms with Crippen LogP contribution >= 0.6 is 0 Å². The topological polar surface area (TPSA) is 39.7 Å². The maximum absolute atomic E-state index is 4.31. The summed E-state index contributed by atoms with van der Waals surface area (Å²) in [7, 11) is 1.82. The highest BCUT2D eigenvalue weighted by Gasteiger charge is 2.09. The summed E-state index contributed by atoms with van der Waals surface area (Å²) in [5.41, 5.74) is 2.65. The van der Waals surface area contributed by atoms with Crippen LogP contribution in [0.25, 0.3) is 0 Å². The van der Waals surface area contributed by atoms with Crippen LogP contribution in [0.4, 0.5) is 0 Å². The summed E-state index contributed by atoms with van der Waals surface area (Å²) in [6, 6.07) is 9.19. The maximum atomic E-state index is 4.31. The number of hydrogen-bond acceptors (Lipinski definition) is 2. The van der Waals surface area contributed by atoms with Crippen LogP contribution in [0.1, 0.15) is 45.7 Å². The van der Waals surface area contributed by atoms with E-state index in [9.17, 15) is 0 Å². The van der Waals surface area contributed by atoms with Crippen molar-refractivity contribution in [3.05, 3.63) is 35.4 Å². The second-order valence-electron chi connectivity index (χ2n) is 6.38. The molecule has 0 fully saturated rings. The monoisotopic (exact) mass is 318 g/mol. The molecule has 1 unspecified atom stereocenters. The Bertz CT molecular complexity index is 478. The summed E-state index contributed by atoms with van der Waals surface area (Å²) in [5, 5.41) is 6.84. The standard InChI is InChI=1S/C19H34N4/c1-7-23(8-2)14-18-11-9-10-17(12-18)13-21-19(20-6)22-16(5)15(3)4/h9-12,15-16H,7-8,13-14H2,1-6H3,(H2,20,21,22). The van der Waals surface area contributed by atoms with Crippen molar-refractivity contribution in [2.45, 2.75) is 53.8 Å². The first kappa shape index (κ1) is 19.5. The molecule has 1 atom stereocenters. The lowest BCUT2D eigenvalue weighted by molar-refractivity contribution is 0.296. The van der Waals surface area contributed by atoms with Crippen molar-refractivity contribution in [2.75, 3.05) is 20.1 Å². The van der Waals surface area contributed by atoms with Crippen LogP contribution in [0.3, 0.4) is 0 Å². The zero-order valence-electron chi connectivity index (χ0n) is 15.7. The van der Waals surface area contributed by atoms with Crippen LogP contribution in [0.15, 0.2) is 29.3 Å². The number of benzene rings is 1. The Hall–Kier alpha value is -1.55. The van der Waals surface area contributed by atoms with Crippen molar-refractivity contribution in [2.24, 2.45) is 10.9 Å². The van der Waals surface area contributed by atoms with Gasteiger partial charge in [-0.05, 0) is 37.1 Å². The number of hydrogen-bond donors (Lipinski definition) is 2. The first-order valence-electron chi connectivity index (χ1n) is 8.77. The molecular weight excluding hydrogens is 284 g/mol. The number of nitrogens with one attached hydrogen (secondary N) is 2. The van der Waals surface area contributed by atoms with E-state index in [1.165, 1.54) is 11.1 Å². The van der Waals surface area contributed by atoms with E-state index in [-0.39, 0.29) is 0 Å². The molecule has 0 spiro atoms. The fourth-order valence-corrected chi connectivity index (χ4v) is 2.31. The predicted molar refractivity (Wildman–Crippen MR) is 101 cm³/mol. The van der Waals surface area contributed by atoms with Crippen LogP contribution in [0.5, 0.6) is 0 Å². The van der Waals surface area contributed by atoms with E-state index < -0.39 is 0 Å². The molecule has 0 saturated heterocycles. The average Bonchev–Trinajstić information content (AvgIpc) is 2.56.